The van der Waals surface area contributed by atoms with Crippen molar-refractivity contribution in [3.8, 4) is 5.75 Å². The van der Waals surface area contributed by atoms with Crippen molar-refractivity contribution in [2.45, 2.75) is 58.1 Å². The molecular weight excluding hydrogens is 332 g/mol. The molecule has 2 amide bonds. The number of carbonyl (C=O) groups is 1. The van der Waals surface area contributed by atoms with E-state index in [0.717, 1.165) is 36.3 Å². The molecule has 4 rings (SSSR count). The molecule has 1 aromatic carbocycles. The molecule has 7 nitrogen and oxygen atoms in total. The Morgan fingerprint density at radius 2 is 2.23 bits per heavy atom. The summed E-state index contributed by atoms with van der Waals surface area (Å²) in [6, 6.07) is 5.59. The van der Waals surface area contributed by atoms with Crippen molar-refractivity contribution in [2.24, 2.45) is 0 Å². The predicted molar refractivity (Wildman–Crippen MR) is 96.2 cm³/mol. The number of benzene rings is 1. The van der Waals surface area contributed by atoms with Gasteiger partial charge in [0.25, 0.3) is 0 Å². The topological polar surface area (TPSA) is 80.5 Å². The molecule has 0 saturated heterocycles. The lowest BCUT2D eigenvalue weighted by molar-refractivity contribution is 0.210. The number of amides is 2. The van der Waals surface area contributed by atoms with Crippen molar-refractivity contribution in [3.05, 3.63) is 35.5 Å². The fourth-order valence-corrected chi connectivity index (χ4v) is 3.35. The Bertz CT molecular complexity index is 800. The molecule has 2 aromatic rings. The monoisotopic (exact) mass is 356 g/mol. The van der Waals surface area contributed by atoms with Crippen LogP contribution in [0, 0.1) is 0 Å². The summed E-state index contributed by atoms with van der Waals surface area (Å²) in [4.78, 5) is 18.7. The Hall–Kier alpha value is -2.57. The first-order valence-electron chi connectivity index (χ1n) is 9.30. The molecule has 1 N–H and O–H groups in total. The smallest absolute Gasteiger partial charge is 0.322 e. The van der Waals surface area contributed by atoms with E-state index in [1.165, 1.54) is 6.42 Å². The van der Waals surface area contributed by atoms with Gasteiger partial charge in [-0.15, -0.1) is 0 Å². The highest BCUT2D eigenvalue weighted by Crippen LogP contribution is 2.35. The van der Waals surface area contributed by atoms with Crippen LogP contribution in [0.1, 0.15) is 56.3 Å². The number of rotatable bonds is 5. The lowest BCUT2D eigenvalue weighted by atomic mass is 9.85. The Kier molecular flexibility index (Phi) is 4.53. The Morgan fingerprint density at radius 1 is 1.38 bits per heavy atom. The lowest BCUT2D eigenvalue weighted by Gasteiger charge is -2.21. The first-order chi connectivity index (χ1) is 12.6. The van der Waals surface area contributed by atoms with Crippen LogP contribution in [-0.4, -0.2) is 33.7 Å². The molecule has 0 spiro atoms. The van der Waals surface area contributed by atoms with Crippen LogP contribution in [0.5, 0.6) is 5.75 Å². The number of ether oxygens (including phenoxy) is 1. The summed E-state index contributed by atoms with van der Waals surface area (Å²) in [6.07, 6.45) is 4.49. The van der Waals surface area contributed by atoms with E-state index in [1.54, 1.807) is 4.90 Å². The van der Waals surface area contributed by atoms with Crippen LogP contribution in [0.25, 0.3) is 0 Å². The number of hydrogen-bond donors (Lipinski definition) is 1. The van der Waals surface area contributed by atoms with Gasteiger partial charge in [0.05, 0.1) is 6.54 Å². The van der Waals surface area contributed by atoms with E-state index in [-0.39, 0.29) is 12.1 Å². The standard InChI is InChI=1S/C19H24N4O3/c1-3-23(11-17-21-18(26-22-17)13-5-4-6-13)19(24)20-15-7-8-16-14(10-15)9-12(2)25-16/h7-8,10,12-13H,3-6,9,11H2,1-2H3,(H,20,24)/t12-/m1/s1. The highest BCUT2D eigenvalue weighted by atomic mass is 16.5. The number of urea groups is 1. The maximum absolute atomic E-state index is 12.6. The van der Waals surface area contributed by atoms with Crippen LogP contribution in [0.15, 0.2) is 22.7 Å². The van der Waals surface area contributed by atoms with Gasteiger partial charge in [0.2, 0.25) is 5.89 Å². The normalized spacial score (nSPS) is 18.8. The molecule has 1 aliphatic heterocycles. The van der Waals surface area contributed by atoms with Crippen LogP contribution in [-0.2, 0) is 13.0 Å². The molecular formula is C19H24N4O3. The summed E-state index contributed by atoms with van der Waals surface area (Å²) >= 11 is 0. The second-order valence-corrected chi connectivity index (χ2v) is 7.08. The minimum Gasteiger partial charge on any atom is -0.490 e. The fraction of sp³-hybridized carbons (Fsp3) is 0.526. The van der Waals surface area contributed by atoms with Gasteiger partial charge in [-0.05, 0) is 50.5 Å². The number of aromatic nitrogens is 2. The van der Waals surface area contributed by atoms with Crippen molar-refractivity contribution >= 4 is 11.7 Å². The molecule has 2 aliphatic rings. The van der Waals surface area contributed by atoms with Crippen LogP contribution in [0.2, 0.25) is 0 Å². The van der Waals surface area contributed by atoms with Crippen LogP contribution in [0.4, 0.5) is 10.5 Å². The van der Waals surface area contributed by atoms with Gasteiger partial charge in [0.1, 0.15) is 11.9 Å². The van der Waals surface area contributed by atoms with Gasteiger partial charge >= 0.3 is 6.03 Å². The van der Waals surface area contributed by atoms with Gasteiger partial charge in [-0.3, -0.25) is 0 Å². The quantitative estimate of drug-likeness (QED) is 0.883. The zero-order valence-electron chi connectivity index (χ0n) is 15.2. The zero-order valence-corrected chi connectivity index (χ0v) is 15.2. The number of nitrogens with one attached hydrogen (secondary N) is 1. The molecule has 1 atom stereocenters. The summed E-state index contributed by atoms with van der Waals surface area (Å²) in [5.74, 6) is 2.56. The maximum Gasteiger partial charge on any atom is 0.322 e. The predicted octanol–water partition coefficient (Wildman–Crippen LogP) is 3.71. The molecule has 138 valence electrons. The summed E-state index contributed by atoms with van der Waals surface area (Å²) in [5, 5.41) is 6.98. The summed E-state index contributed by atoms with van der Waals surface area (Å²) in [5.41, 5.74) is 1.90. The van der Waals surface area contributed by atoms with E-state index in [0.29, 0.717) is 30.7 Å². The van der Waals surface area contributed by atoms with E-state index < -0.39 is 0 Å². The van der Waals surface area contributed by atoms with Gasteiger partial charge in [-0.2, -0.15) is 4.98 Å². The van der Waals surface area contributed by atoms with Crippen molar-refractivity contribution in [2.75, 3.05) is 11.9 Å². The van der Waals surface area contributed by atoms with Crippen molar-refractivity contribution in [3.63, 3.8) is 0 Å². The molecule has 7 heteroatoms. The Labute approximate surface area is 152 Å². The molecule has 1 aromatic heterocycles. The van der Waals surface area contributed by atoms with Gasteiger partial charge in [0.15, 0.2) is 5.82 Å². The molecule has 0 bridgehead atoms. The third-order valence-electron chi connectivity index (χ3n) is 5.09. The van der Waals surface area contributed by atoms with Gasteiger partial charge in [0, 0.05) is 24.6 Å². The van der Waals surface area contributed by atoms with E-state index >= 15 is 0 Å². The van der Waals surface area contributed by atoms with Crippen molar-refractivity contribution in [1.29, 1.82) is 0 Å². The van der Waals surface area contributed by atoms with E-state index in [9.17, 15) is 4.79 Å². The lowest BCUT2D eigenvalue weighted by Crippen LogP contribution is -2.34. The summed E-state index contributed by atoms with van der Waals surface area (Å²) in [6.45, 7) is 4.87. The molecule has 2 heterocycles. The highest BCUT2D eigenvalue weighted by molar-refractivity contribution is 5.89. The Balaban J connectivity index is 1.39. The molecule has 26 heavy (non-hydrogen) atoms. The second kappa shape index (κ2) is 6.97. The third kappa shape index (κ3) is 3.38. The van der Waals surface area contributed by atoms with Crippen LogP contribution < -0.4 is 10.1 Å². The van der Waals surface area contributed by atoms with Gasteiger partial charge < -0.3 is 19.5 Å². The number of hydrogen-bond acceptors (Lipinski definition) is 5. The Morgan fingerprint density at radius 3 is 2.96 bits per heavy atom. The van der Waals surface area contributed by atoms with E-state index in [4.69, 9.17) is 9.26 Å². The molecule has 1 saturated carbocycles. The van der Waals surface area contributed by atoms with Crippen LogP contribution in [0.3, 0.4) is 0 Å². The van der Waals surface area contributed by atoms with Crippen molar-refractivity contribution < 1.29 is 14.1 Å². The number of carbonyl (C=O) groups excluding carboxylic acids is 1. The number of anilines is 1. The first-order valence-corrected chi connectivity index (χ1v) is 9.30. The molecule has 0 radical (unpaired) electrons. The maximum atomic E-state index is 12.6. The minimum atomic E-state index is -0.172. The SMILES string of the molecule is CCN(Cc1noc(C2CCC2)n1)C(=O)Nc1ccc2c(c1)C[C@@H](C)O2. The largest absolute Gasteiger partial charge is 0.490 e. The fourth-order valence-electron chi connectivity index (χ4n) is 3.35. The average Bonchev–Trinajstić information content (AvgIpc) is 3.16. The van der Waals surface area contributed by atoms with E-state index in [1.807, 2.05) is 32.0 Å². The highest BCUT2D eigenvalue weighted by Gasteiger charge is 2.26. The first kappa shape index (κ1) is 16.9. The van der Waals surface area contributed by atoms with Gasteiger partial charge in [-0.25, -0.2) is 4.79 Å². The summed E-state index contributed by atoms with van der Waals surface area (Å²) in [7, 11) is 0. The average molecular weight is 356 g/mol. The molecule has 1 fully saturated rings. The second-order valence-electron chi connectivity index (χ2n) is 7.08. The molecule has 1 aliphatic carbocycles. The third-order valence-corrected chi connectivity index (χ3v) is 5.09. The summed E-state index contributed by atoms with van der Waals surface area (Å²) < 4.78 is 11.0. The number of fused-ring (bicyclic) bond motifs is 1. The molecule has 0 unspecified atom stereocenters. The minimum absolute atomic E-state index is 0.172. The number of nitrogens with zero attached hydrogens (tertiary/aromatic N) is 3. The van der Waals surface area contributed by atoms with Gasteiger partial charge in [-0.1, -0.05) is 11.6 Å². The van der Waals surface area contributed by atoms with Crippen molar-refractivity contribution in [1.82, 2.24) is 15.0 Å². The zero-order chi connectivity index (χ0) is 18.1. The van der Waals surface area contributed by atoms with E-state index in [2.05, 4.69) is 15.5 Å². The van der Waals surface area contributed by atoms with Crippen LogP contribution >= 0.6 is 0 Å².